The molecule has 1 aliphatic heterocycles. The van der Waals surface area contributed by atoms with Gasteiger partial charge in [0.05, 0.1) is 5.60 Å². The number of carboxylic acid groups (broad SMARTS) is 1. The van der Waals surface area contributed by atoms with Crippen LogP contribution in [0.2, 0.25) is 0 Å². The van der Waals surface area contributed by atoms with Gasteiger partial charge in [0.1, 0.15) is 4.75 Å². The fourth-order valence-corrected chi connectivity index (χ4v) is 3.33. The summed E-state index contributed by atoms with van der Waals surface area (Å²) in [6.45, 7) is 3.60. The van der Waals surface area contributed by atoms with Crippen molar-refractivity contribution in [3.05, 3.63) is 0 Å². The summed E-state index contributed by atoms with van der Waals surface area (Å²) in [6, 6.07) is 0. The maximum Gasteiger partial charge on any atom is 0.319 e. The van der Waals surface area contributed by atoms with E-state index >= 15 is 0 Å². The van der Waals surface area contributed by atoms with E-state index in [4.69, 9.17) is 0 Å². The van der Waals surface area contributed by atoms with Crippen molar-refractivity contribution in [2.24, 2.45) is 0 Å². The molecule has 0 radical (unpaired) electrons. The van der Waals surface area contributed by atoms with Crippen molar-refractivity contribution >= 4 is 17.7 Å². The van der Waals surface area contributed by atoms with Gasteiger partial charge in [0, 0.05) is 6.42 Å². The van der Waals surface area contributed by atoms with E-state index in [9.17, 15) is 15.0 Å². The van der Waals surface area contributed by atoms with Crippen molar-refractivity contribution in [3.8, 4) is 0 Å². The van der Waals surface area contributed by atoms with Gasteiger partial charge in [-0.25, -0.2) is 0 Å². The molecule has 2 unspecified atom stereocenters. The Morgan fingerprint density at radius 1 is 1.64 bits per heavy atom. The minimum absolute atomic E-state index is 0.358. The van der Waals surface area contributed by atoms with Crippen LogP contribution in [0.15, 0.2) is 0 Å². The van der Waals surface area contributed by atoms with Crippen LogP contribution < -0.4 is 0 Å². The first kappa shape index (κ1) is 11.9. The molecule has 2 atom stereocenters. The maximum atomic E-state index is 11.2. The monoisotopic (exact) mass is 218 g/mol. The topological polar surface area (TPSA) is 57.5 Å². The summed E-state index contributed by atoms with van der Waals surface area (Å²) in [5.41, 5.74) is -0.851. The second-order valence-electron chi connectivity index (χ2n) is 4.28. The summed E-state index contributed by atoms with van der Waals surface area (Å²) in [5, 5.41) is 19.1. The zero-order valence-electron chi connectivity index (χ0n) is 8.75. The van der Waals surface area contributed by atoms with Crippen molar-refractivity contribution < 1.29 is 15.0 Å². The summed E-state index contributed by atoms with van der Waals surface area (Å²) < 4.78 is -0.737. The van der Waals surface area contributed by atoms with Crippen molar-refractivity contribution in [1.82, 2.24) is 0 Å². The molecule has 4 heteroatoms. The number of carboxylic acids is 1. The van der Waals surface area contributed by atoms with E-state index in [2.05, 4.69) is 0 Å². The third-order valence-electron chi connectivity index (χ3n) is 2.92. The second-order valence-corrected chi connectivity index (χ2v) is 5.76. The van der Waals surface area contributed by atoms with Crippen molar-refractivity contribution in [2.75, 3.05) is 5.75 Å². The van der Waals surface area contributed by atoms with Gasteiger partial charge in [-0.3, -0.25) is 4.79 Å². The molecule has 14 heavy (non-hydrogen) atoms. The molecule has 1 saturated heterocycles. The number of carbonyl (C=O) groups is 1. The molecular weight excluding hydrogens is 200 g/mol. The molecule has 0 saturated carbocycles. The molecule has 0 aliphatic carbocycles. The lowest BCUT2D eigenvalue weighted by atomic mass is 9.87. The Hall–Kier alpha value is -0.220. The van der Waals surface area contributed by atoms with Gasteiger partial charge in [-0.05, 0) is 31.9 Å². The number of aliphatic hydroxyl groups is 1. The highest BCUT2D eigenvalue weighted by Gasteiger charge is 2.46. The molecule has 1 rings (SSSR count). The van der Waals surface area contributed by atoms with Crippen LogP contribution in [-0.2, 0) is 4.79 Å². The standard InChI is InChI=1S/C10H18O3S/c1-3-9(2,13)7-10(8(11)12)5-4-6-14-10/h13H,3-7H2,1-2H3,(H,11,12). The Morgan fingerprint density at radius 2 is 2.29 bits per heavy atom. The molecule has 0 aromatic carbocycles. The predicted octanol–water partition coefficient (Wildman–Crippen LogP) is 1.89. The van der Waals surface area contributed by atoms with Gasteiger partial charge >= 0.3 is 5.97 Å². The Labute approximate surface area is 88.9 Å². The van der Waals surface area contributed by atoms with Gasteiger partial charge in [0.2, 0.25) is 0 Å². The van der Waals surface area contributed by atoms with E-state index in [1.807, 2.05) is 6.92 Å². The molecule has 2 N–H and O–H groups in total. The minimum Gasteiger partial charge on any atom is -0.480 e. The zero-order valence-corrected chi connectivity index (χ0v) is 9.56. The van der Waals surface area contributed by atoms with E-state index in [0.29, 0.717) is 19.3 Å². The number of hydrogen-bond acceptors (Lipinski definition) is 3. The average molecular weight is 218 g/mol. The number of thioether (sulfide) groups is 1. The summed E-state index contributed by atoms with van der Waals surface area (Å²) in [7, 11) is 0. The molecule has 82 valence electrons. The predicted molar refractivity (Wildman–Crippen MR) is 57.6 cm³/mol. The van der Waals surface area contributed by atoms with Gasteiger partial charge in [-0.1, -0.05) is 6.92 Å². The van der Waals surface area contributed by atoms with Crippen LogP contribution in [0.3, 0.4) is 0 Å². The summed E-state index contributed by atoms with van der Waals surface area (Å²) in [5.74, 6) is 0.125. The van der Waals surface area contributed by atoms with Crippen LogP contribution >= 0.6 is 11.8 Å². The first-order valence-corrected chi connectivity index (χ1v) is 6.00. The number of hydrogen-bond donors (Lipinski definition) is 2. The van der Waals surface area contributed by atoms with E-state index in [1.54, 1.807) is 6.92 Å². The van der Waals surface area contributed by atoms with E-state index < -0.39 is 16.3 Å². The first-order valence-electron chi connectivity index (χ1n) is 5.02. The van der Waals surface area contributed by atoms with Crippen LogP contribution in [0.4, 0.5) is 0 Å². The van der Waals surface area contributed by atoms with Crippen molar-refractivity contribution in [2.45, 2.75) is 49.9 Å². The third-order valence-corrected chi connectivity index (χ3v) is 4.49. The molecular formula is C10H18O3S. The van der Waals surface area contributed by atoms with Crippen molar-refractivity contribution in [1.29, 1.82) is 0 Å². The lowest BCUT2D eigenvalue weighted by molar-refractivity contribution is -0.141. The van der Waals surface area contributed by atoms with Gasteiger partial charge in [-0.15, -0.1) is 11.8 Å². The summed E-state index contributed by atoms with van der Waals surface area (Å²) in [4.78, 5) is 11.2. The molecule has 0 aromatic rings. The van der Waals surface area contributed by atoms with Crippen molar-refractivity contribution in [3.63, 3.8) is 0 Å². The van der Waals surface area contributed by atoms with Crippen LogP contribution in [-0.4, -0.2) is 32.3 Å². The quantitative estimate of drug-likeness (QED) is 0.756. The van der Waals surface area contributed by atoms with Gasteiger partial charge < -0.3 is 10.2 Å². The Kier molecular flexibility index (Phi) is 3.48. The van der Waals surface area contributed by atoms with Crippen LogP contribution in [0, 0.1) is 0 Å². The zero-order chi connectivity index (χ0) is 10.8. The highest BCUT2D eigenvalue weighted by atomic mass is 32.2. The Bertz CT molecular complexity index is 219. The van der Waals surface area contributed by atoms with Crippen LogP contribution in [0.5, 0.6) is 0 Å². The van der Waals surface area contributed by atoms with Crippen LogP contribution in [0.1, 0.15) is 39.5 Å². The third kappa shape index (κ3) is 2.42. The first-order chi connectivity index (χ1) is 6.42. The largest absolute Gasteiger partial charge is 0.480 e. The Morgan fingerprint density at radius 3 is 2.64 bits per heavy atom. The van der Waals surface area contributed by atoms with Gasteiger partial charge in [-0.2, -0.15) is 0 Å². The highest BCUT2D eigenvalue weighted by Crippen LogP contribution is 2.44. The molecule has 1 aliphatic rings. The van der Waals surface area contributed by atoms with E-state index in [0.717, 1.165) is 12.2 Å². The molecule has 0 amide bonds. The normalized spacial score (nSPS) is 31.4. The molecule has 0 aromatic heterocycles. The minimum atomic E-state index is -0.851. The fraction of sp³-hybridized carbons (Fsp3) is 0.900. The molecule has 1 fully saturated rings. The molecule has 0 spiro atoms. The van der Waals surface area contributed by atoms with Gasteiger partial charge in [0.15, 0.2) is 0 Å². The fourth-order valence-electron chi connectivity index (χ4n) is 1.82. The number of aliphatic carboxylic acids is 1. The smallest absolute Gasteiger partial charge is 0.319 e. The lowest BCUT2D eigenvalue weighted by Crippen LogP contribution is -2.41. The Balaban J connectivity index is 2.75. The average Bonchev–Trinajstić information content (AvgIpc) is 2.53. The van der Waals surface area contributed by atoms with E-state index in [-0.39, 0.29) is 0 Å². The maximum absolute atomic E-state index is 11.2. The molecule has 3 nitrogen and oxygen atoms in total. The second kappa shape index (κ2) is 4.11. The van der Waals surface area contributed by atoms with Crippen LogP contribution in [0.25, 0.3) is 0 Å². The summed E-state index contributed by atoms with van der Waals surface area (Å²) in [6.07, 6.45) is 2.58. The van der Waals surface area contributed by atoms with Gasteiger partial charge in [0.25, 0.3) is 0 Å². The summed E-state index contributed by atoms with van der Waals surface area (Å²) >= 11 is 1.48. The number of rotatable bonds is 4. The SMILES string of the molecule is CCC(C)(O)CC1(C(=O)O)CCCS1. The highest BCUT2D eigenvalue weighted by molar-refractivity contribution is 8.01. The molecule has 1 heterocycles. The lowest BCUT2D eigenvalue weighted by Gasteiger charge is -2.31. The molecule has 0 bridgehead atoms. The van der Waals surface area contributed by atoms with E-state index in [1.165, 1.54) is 11.8 Å².